The van der Waals surface area contributed by atoms with Crippen LogP contribution in [0.3, 0.4) is 0 Å². The number of halogens is 2. The minimum atomic E-state index is -1.14. The number of carbonyl (C=O) groups is 1. The quantitative estimate of drug-likeness (QED) is 0.616. The summed E-state index contributed by atoms with van der Waals surface area (Å²) in [6.07, 6.45) is 2.28. The third-order valence-electron chi connectivity index (χ3n) is 1.93. The molecule has 0 heterocycles. The Balaban J connectivity index is 2.87. The first kappa shape index (κ1) is 13.2. The van der Waals surface area contributed by atoms with Crippen LogP contribution >= 0.6 is 0 Å². The van der Waals surface area contributed by atoms with Gasteiger partial charge in [0, 0.05) is 18.1 Å². The van der Waals surface area contributed by atoms with E-state index in [2.05, 4.69) is 0 Å². The Morgan fingerprint density at radius 3 is 2.88 bits per heavy atom. The van der Waals surface area contributed by atoms with Crippen LogP contribution in [0.25, 0.3) is 6.08 Å². The van der Waals surface area contributed by atoms with E-state index in [4.69, 9.17) is 9.84 Å². The predicted octanol–water partition coefficient (Wildman–Crippen LogP) is 2.66. The van der Waals surface area contributed by atoms with Crippen LogP contribution in [0.5, 0.6) is 5.75 Å². The van der Waals surface area contributed by atoms with Gasteiger partial charge in [0.05, 0.1) is 13.3 Å². The molecule has 1 rings (SSSR count). The number of rotatable bonds is 6. The molecular formula is C12H12F2O3. The Kier molecular flexibility index (Phi) is 5.13. The molecule has 0 bridgehead atoms. The Morgan fingerprint density at radius 2 is 2.24 bits per heavy atom. The summed E-state index contributed by atoms with van der Waals surface area (Å²) >= 11 is 0. The van der Waals surface area contributed by atoms with Crippen LogP contribution in [0, 0.1) is 5.82 Å². The fraction of sp³-hybridized carbons (Fsp3) is 0.250. The molecule has 5 heteroatoms. The molecule has 0 aliphatic rings. The predicted molar refractivity (Wildman–Crippen MR) is 59.2 cm³/mol. The summed E-state index contributed by atoms with van der Waals surface area (Å²) in [5.41, 5.74) is 0.311. The molecular weight excluding hydrogens is 230 g/mol. The molecule has 0 radical (unpaired) electrons. The van der Waals surface area contributed by atoms with Crippen molar-refractivity contribution in [2.45, 2.75) is 6.42 Å². The maximum atomic E-state index is 13.4. The summed E-state index contributed by atoms with van der Waals surface area (Å²) in [7, 11) is 0. The molecule has 1 N–H and O–H groups in total. The Hall–Kier alpha value is -1.91. The SMILES string of the molecule is O=C(O)/C=C/c1cccc(F)c1OCCCF. The van der Waals surface area contributed by atoms with Gasteiger partial charge in [-0.1, -0.05) is 12.1 Å². The van der Waals surface area contributed by atoms with Gasteiger partial charge in [-0.25, -0.2) is 9.18 Å². The van der Waals surface area contributed by atoms with Crippen LogP contribution in [-0.2, 0) is 4.79 Å². The largest absolute Gasteiger partial charge is 0.490 e. The third-order valence-corrected chi connectivity index (χ3v) is 1.93. The first-order valence-electron chi connectivity index (χ1n) is 5.03. The van der Waals surface area contributed by atoms with Crippen molar-refractivity contribution in [1.29, 1.82) is 0 Å². The molecule has 0 spiro atoms. The molecule has 1 aromatic carbocycles. The molecule has 0 saturated heterocycles. The highest BCUT2D eigenvalue weighted by Crippen LogP contribution is 2.24. The van der Waals surface area contributed by atoms with E-state index in [1.165, 1.54) is 24.3 Å². The van der Waals surface area contributed by atoms with E-state index >= 15 is 0 Å². The molecule has 0 amide bonds. The smallest absolute Gasteiger partial charge is 0.328 e. The molecule has 0 atom stereocenters. The molecule has 0 aliphatic heterocycles. The summed E-state index contributed by atoms with van der Waals surface area (Å²) in [5, 5.41) is 8.48. The van der Waals surface area contributed by atoms with Crippen LogP contribution in [0.4, 0.5) is 8.78 Å². The van der Waals surface area contributed by atoms with E-state index in [1.54, 1.807) is 0 Å². The Bertz CT molecular complexity index is 416. The lowest BCUT2D eigenvalue weighted by molar-refractivity contribution is -0.131. The minimum absolute atomic E-state index is 0.0470. The van der Waals surface area contributed by atoms with Gasteiger partial charge in [0.25, 0.3) is 0 Å². The van der Waals surface area contributed by atoms with Gasteiger partial charge in [0.15, 0.2) is 11.6 Å². The molecule has 1 aromatic rings. The second kappa shape index (κ2) is 6.62. The van der Waals surface area contributed by atoms with Crippen LogP contribution < -0.4 is 4.74 Å². The number of hydrogen-bond donors (Lipinski definition) is 1. The summed E-state index contributed by atoms with van der Waals surface area (Å²) < 4.78 is 30.4. The number of carboxylic acids is 1. The topological polar surface area (TPSA) is 46.5 Å². The standard InChI is InChI=1S/C12H12F2O3/c13-7-2-8-17-12-9(5-6-11(15)16)3-1-4-10(12)14/h1,3-6H,2,7-8H2,(H,15,16)/b6-5+. The van der Waals surface area contributed by atoms with Crippen molar-refractivity contribution in [1.82, 2.24) is 0 Å². The van der Waals surface area contributed by atoms with E-state index < -0.39 is 18.5 Å². The zero-order valence-electron chi connectivity index (χ0n) is 9.03. The second-order valence-electron chi connectivity index (χ2n) is 3.22. The molecule has 0 aromatic heterocycles. The Labute approximate surface area is 97.3 Å². The second-order valence-corrected chi connectivity index (χ2v) is 3.22. The maximum absolute atomic E-state index is 13.4. The van der Waals surface area contributed by atoms with E-state index in [9.17, 15) is 13.6 Å². The number of benzene rings is 1. The summed E-state index contributed by atoms with van der Waals surface area (Å²) in [4.78, 5) is 10.4. The normalized spacial score (nSPS) is 10.7. The monoisotopic (exact) mass is 242 g/mol. The lowest BCUT2D eigenvalue weighted by Gasteiger charge is -2.09. The van der Waals surface area contributed by atoms with Gasteiger partial charge in [-0.3, -0.25) is 4.39 Å². The van der Waals surface area contributed by atoms with Crippen LogP contribution in [0.2, 0.25) is 0 Å². The fourth-order valence-corrected chi connectivity index (χ4v) is 1.20. The van der Waals surface area contributed by atoms with Gasteiger partial charge in [0.2, 0.25) is 0 Å². The highest BCUT2D eigenvalue weighted by molar-refractivity contribution is 5.85. The van der Waals surface area contributed by atoms with Crippen molar-refractivity contribution in [3.63, 3.8) is 0 Å². The van der Waals surface area contributed by atoms with E-state index in [-0.39, 0.29) is 18.8 Å². The summed E-state index contributed by atoms with van der Waals surface area (Å²) in [6, 6.07) is 4.16. The van der Waals surface area contributed by atoms with E-state index in [0.717, 1.165) is 6.08 Å². The highest BCUT2D eigenvalue weighted by Gasteiger charge is 2.07. The lowest BCUT2D eigenvalue weighted by Crippen LogP contribution is -2.01. The van der Waals surface area contributed by atoms with Crippen LogP contribution in [-0.4, -0.2) is 24.4 Å². The van der Waals surface area contributed by atoms with Crippen molar-refractivity contribution < 1.29 is 23.4 Å². The summed E-state index contributed by atoms with van der Waals surface area (Å²) in [6.45, 7) is -0.500. The van der Waals surface area contributed by atoms with E-state index in [1.807, 2.05) is 0 Å². The van der Waals surface area contributed by atoms with Gasteiger partial charge < -0.3 is 9.84 Å². The van der Waals surface area contributed by atoms with Crippen molar-refractivity contribution in [2.24, 2.45) is 0 Å². The van der Waals surface area contributed by atoms with Gasteiger partial charge in [-0.2, -0.15) is 0 Å². The first-order chi connectivity index (χ1) is 8.15. The fourth-order valence-electron chi connectivity index (χ4n) is 1.20. The van der Waals surface area contributed by atoms with Gasteiger partial charge in [0.1, 0.15) is 0 Å². The average molecular weight is 242 g/mol. The maximum Gasteiger partial charge on any atom is 0.328 e. The van der Waals surface area contributed by atoms with Gasteiger partial charge >= 0.3 is 5.97 Å². The van der Waals surface area contributed by atoms with Crippen molar-refractivity contribution >= 4 is 12.0 Å². The van der Waals surface area contributed by atoms with Crippen LogP contribution in [0.1, 0.15) is 12.0 Å². The van der Waals surface area contributed by atoms with Crippen molar-refractivity contribution in [2.75, 3.05) is 13.3 Å². The zero-order chi connectivity index (χ0) is 12.7. The van der Waals surface area contributed by atoms with Gasteiger partial charge in [-0.15, -0.1) is 0 Å². The number of ether oxygens (including phenoxy) is 1. The lowest BCUT2D eigenvalue weighted by atomic mass is 10.2. The third kappa shape index (κ3) is 4.22. The van der Waals surface area contributed by atoms with Crippen molar-refractivity contribution in [3.05, 3.63) is 35.7 Å². The number of alkyl halides is 1. The molecule has 92 valence electrons. The van der Waals surface area contributed by atoms with Gasteiger partial charge in [-0.05, 0) is 12.1 Å². The number of aliphatic carboxylic acids is 1. The summed E-state index contributed by atoms with van der Waals surface area (Å²) in [5.74, 6) is -1.79. The zero-order valence-corrected chi connectivity index (χ0v) is 9.03. The molecule has 0 aliphatic carbocycles. The Morgan fingerprint density at radius 1 is 1.47 bits per heavy atom. The molecule has 0 saturated carbocycles. The molecule has 3 nitrogen and oxygen atoms in total. The van der Waals surface area contributed by atoms with E-state index in [0.29, 0.717) is 5.56 Å². The number of para-hydroxylation sites is 1. The first-order valence-corrected chi connectivity index (χ1v) is 5.03. The number of hydrogen-bond acceptors (Lipinski definition) is 2. The molecule has 0 unspecified atom stereocenters. The average Bonchev–Trinajstić information content (AvgIpc) is 2.29. The molecule has 0 fully saturated rings. The minimum Gasteiger partial charge on any atom is -0.490 e. The number of carboxylic acid groups (broad SMARTS) is 1. The highest BCUT2D eigenvalue weighted by atomic mass is 19.1. The molecule has 17 heavy (non-hydrogen) atoms. The van der Waals surface area contributed by atoms with Crippen LogP contribution in [0.15, 0.2) is 24.3 Å². The van der Waals surface area contributed by atoms with Crippen molar-refractivity contribution in [3.8, 4) is 5.75 Å².